The van der Waals surface area contributed by atoms with Gasteiger partial charge in [-0.2, -0.15) is 0 Å². The maximum atomic E-state index is 4.66. The number of rotatable bonds is 6. The Morgan fingerprint density at radius 2 is 1.89 bits per heavy atom. The highest BCUT2D eigenvalue weighted by molar-refractivity contribution is 14.0. The molecule has 0 aliphatic rings. The zero-order valence-corrected chi connectivity index (χ0v) is 18.3. The van der Waals surface area contributed by atoms with Crippen LogP contribution in [0.1, 0.15) is 36.7 Å². The van der Waals surface area contributed by atoms with Crippen molar-refractivity contribution in [1.82, 2.24) is 25.2 Å². The van der Waals surface area contributed by atoms with E-state index in [4.69, 9.17) is 0 Å². The van der Waals surface area contributed by atoms with Crippen molar-refractivity contribution in [3.63, 3.8) is 0 Å². The maximum Gasteiger partial charge on any atom is 0.191 e. The van der Waals surface area contributed by atoms with Crippen LogP contribution in [0.2, 0.25) is 0 Å². The minimum Gasteiger partial charge on any atom is -0.357 e. The number of halogens is 1. The Bertz CT molecular complexity index is 872. The van der Waals surface area contributed by atoms with Gasteiger partial charge in [0.05, 0.1) is 0 Å². The van der Waals surface area contributed by atoms with Crippen LogP contribution in [0.15, 0.2) is 53.7 Å². The van der Waals surface area contributed by atoms with E-state index in [0.717, 1.165) is 30.5 Å². The topological polar surface area (TPSA) is 66.6 Å². The molecule has 7 heteroatoms. The fraction of sp³-hybridized carbons (Fsp3) is 0.350. The Kier molecular flexibility index (Phi) is 8.02. The Balaban J connectivity index is 0.00000261. The Labute approximate surface area is 177 Å². The molecule has 1 unspecified atom stereocenters. The number of aromatic nitrogens is 3. The van der Waals surface area contributed by atoms with Gasteiger partial charge in [0, 0.05) is 19.3 Å². The van der Waals surface area contributed by atoms with Gasteiger partial charge in [-0.25, -0.2) is 4.99 Å². The molecule has 2 heterocycles. The summed E-state index contributed by atoms with van der Waals surface area (Å²) in [5.41, 5.74) is 3.44. The van der Waals surface area contributed by atoms with Crippen molar-refractivity contribution >= 4 is 35.6 Å². The number of hydrogen-bond donors (Lipinski definition) is 2. The van der Waals surface area contributed by atoms with E-state index in [1.165, 1.54) is 11.1 Å². The minimum atomic E-state index is 0. The third-order valence-corrected chi connectivity index (χ3v) is 4.33. The summed E-state index contributed by atoms with van der Waals surface area (Å²) in [4.78, 5) is 4.66. The van der Waals surface area contributed by atoms with E-state index in [9.17, 15) is 0 Å². The molecule has 3 rings (SSSR count). The second-order valence-corrected chi connectivity index (χ2v) is 6.43. The van der Waals surface area contributed by atoms with Crippen molar-refractivity contribution in [3.8, 4) is 0 Å². The zero-order chi connectivity index (χ0) is 18.4. The van der Waals surface area contributed by atoms with Crippen LogP contribution in [0.3, 0.4) is 0 Å². The summed E-state index contributed by atoms with van der Waals surface area (Å²) in [6.07, 6.45) is 1.96. The molecule has 3 aromatic rings. The number of aliphatic imine (C=N–C) groups is 1. The highest BCUT2D eigenvalue weighted by atomic mass is 127. The molecule has 0 saturated carbocycles. The summed E-state index contributed by atoms with van der Waals surface area (Å²) in [7, 11) is 0. The second kappa shape index (κ2) is 10.2. The number of aryl methyl sites for hydroxylation is 1. The Morgan fingerprint density at radius 1 is 1.11 bits per heavy atom. The molecular weight excluding hydrogens is 451 g/mol. The lowest BCUT2D eigenvalue weighted by Gasteiger charge is -2.16. The SMILES string of the molecule is CCNC(=NCc1nnc2ccccn12)NCC(C)c1ccc(C)cc1.I. The summed E-state index contributed by atoms with van der Waals surface area (Å²) < 4.78 is 1.96. The summed E-state index contributed by atoms with van der Waals surface area (Å²) in [5.74, 6) is 2.01. The molecule has 0 saturated heterocycles. The van der Waals surface area contributed by atoms with Crippen LogP contribution in [0.25, 0.3) is 5.65 Å². The molecule has 2 N–H and O–H groups in total. The highest BCUT2D eigenvalue weighted by Crippen LogP contribution is 2.14. The van der Waals surface area contributed by atoms with Gasteiger partial charge < -0.3 is 10.6 Å². The van der Waals surface area contributed by atoms with E-state index in [-0.39, 0.29) is 24.0 Å². The first-order valence-corrected chi connectivity index (χ1v) is 9.04. The molecule has 0 radical (unpaired) electrons. The molecule has 2 aromatic heterocycles. The summed E-state index contributed by atoms with van der Waals surface area (Å²) in [6.45, 7) is 8.48. The van der Waals surface area contributed by atoms with Crippen LogP contribution in [0.4, 0.5) is 0 Å². The quantitative estimate of drug-likeness (QED) is 0.323. The fourth-order valence-electron chi connectivity index (χ4n) is 2.75. The number of pyridine rings is 1. The van der Waals surface area contributed by atoms with Crippen molar-refractivity contribution in [2.24, 2.45) is 4.99 Å². The van der Waals surface area contributed by atoms with Gasteiger partial charge in [0.25, 0.3) is 0 Å². The van der Waals surface area contributed by atoms with Crippen LogP contribution in [0.5, 0.6) is 0 Å². The van der Waals surface area contributed by atoms with Crippen LogP contribution >= 0.6 is 24.0 Å². The van der Waals surface area contributed by atoms with E-state index >= 15 is 0 Å². The van der Waals surface area contributed by atoms with Crippen molar-refractivity contribution < 1.29 is 0 Å². The van der Waals surface area contributed by atoms with Crippen molar-refractivity contribution in [3.05, 3.63) is 65.6 Å². The molecule has 0 aliphatic carbocycles. The van der Waals surface area contributed by atoms with Crippen molar-refractivity contribution in [2.45, 2.75) is 33.2 Å². The molecule has 0 amide bonds. The zero-order valence-electron chi connectivity index (χ0n) is 16.0. The highest BCUT2D eigenvalue weighted by Gasteiger charge is 2.08. The summed E-state index contributed by atoms with van der Waals surface area (Å²) in [6, 6.07) is 14.5. The Hall–Kier alpha value is -2.16. The number of guanidine groups is 1. The van der Waals surface area contributed by atoms with E-state index < -0.39 is 0 Å². The molecule has 0 spiro atoms. The van der Waals surface area contributed by atoms with Gasteiger partial charge in [0.1, 0.15) is 6.54 Å². The van der Waals surface area contributed by atoms with E-state index in [1.54, 1.807) is 0 Å². The molecule has 0 fully saturated rings. The van der Waals surface area contributed by atoms with Gasteiger partial charge in [-0.05, 0) is 37.5 Å². The fourth-order valence-corrected chi connectivity index (χ4v) is 2.75. The maximum absolute atomic E-state index is 4.66. The smallest absolute Gasteiger partial charge is 0.191 e. The molecule has 1 aromatic carbocycles. The lowest BCUT2D eigenvalue weighted by Crippen LogP contribution is -2.39. The van der Waals surface area contributed by atoms with Gasteiger partial charge in [-0.1, -0.05) is 42.8 Å². The van der Waals surface area contributed by atoms with Crippen LogP contribution < -0.4 is 10.6 Å². The number of hydrogen-bond acceptors (Lipinski definition) is 3. The minimum absolute atomic E-state index is 0. The first-order valence-electron chi connectivity index (χ1n) is 9.04. The molecule has 27 heavy (non-hydrogen) atoms. The van der Waals surface area contributed by atoms with Crippen molar-refractivity contribution in [2.75, 3.05) is 13.1 Å². The molecule has 0 aliphatic heterocycles. The predicted octanol–water partition coefficient (Wildman–Crippen LogP) is 3.51. The average molecular weight is 478 g/mol. The largest absolute Gasteiger partial charge is 0.357 e. The predicted molar refractivity (Wildman–Crippen MR) is 121 cm³/mol. The van der Waals surface area contributed by atoms with Crippen LogP contribution in [-0.4, -0.2) is 33.6 Å². The second-order valence-electron chi connectivity index (χ2n) is 6.43. The summed E-state index contributed by atoms with van der Waals surface area (Å²) in [5, 5.41) is 15.1. The van der Waals surface area contributed by atoms with E-state index in [2.05, 4.69) is 70.9 Å². The first kappa shape index (κ1) is 21.1. The lowest BCUT2D eigenvalue weighted by atomic mass is 10.0. The van der Waals surface area contributed by atoms with Crippen LogP contribution in [-0.2, 0) is 6.54 Å². The van der Waals surface area contributed by atoms with E-state index in [0.29, 0.717) is 12.5 Å². The molecule has 1 atom stereocenters. The van der Waals surface area contributed by atoms with Gasteiger partial charge in [0.2, 0.25) is 0 Å². The third-order valence-electron chi connectivity index (χ3n) is 4.33. The number of fused-ring (bicyclic) bond motifs is 1. The molecule has 6 nitrogen and oxygen atoms in total. The van der Waals surface area contributed by atoms with Crippen molar-refractivity contribution in [1.29, 1.82) is 0 Å². The summed E-state index contributed by atoms with van der Waals surface area (Å²) >= 11 is 0. The van der Waals surface area contributed by atoms with E-state index in [1.807, 2.05) is 28.8 Å². The standard InChI is InChI=1S/C20H26N6.HI/c1-4-21-20(22-13-16(3)17-10-8-15(2)9-11-17)23-14-19-25-24-18-7-5-6-12-26(18)19;/h5-12,16H,4,13-14H2,1-3H3,(H2,21,22,23);1H. The molecule has 144 valence electrons. The number of benzene rings is 1. The first-order chi connectivity index (χ1) is 12.7. The van der Waals surface area contributed by atoms with Gasteiger partial charge in [0.15, 0.2) is 17.4 Å². The van der Waals surface area contributed by atoms with Crippen LogP contribution in [0, 0.1) is 6.92 Å². The average Bonchev–Trinajstić information content (AvgIpc) is 3.07. The Morgan fingerprint density at radius 3 is 2.63 bits per heavy atom. The van der Waals surface area contributed by atoms with Gasteiger partial charge >= 0.3 is 0 Å². The van der Waals surface area contributed by atoms with Gasteiger partial charge in [-0.3, -0.25) is 4.40 Å². The van der Waals surface area contributed by atoms with Gasteiger partial charge in [-0.15, -0.1) is 34.2 Å². The molecule has 0 bridgehead atoms. The number of nitrogens with one attached hydrogen (secondary N) is 2. The monoisotopic (exact) mass is 478 g/mol. The third kappa shape index (κ3) is 5.66. The number of nitrogens with zero attached hydrogens (tertiary/aromatic N) is 4. The lowest BCUT2D eigenvalue weighted by molar-refractivity contribution is 0.697. The normalized spacial score (nSPS) is 12.5. The molecular formula is C20H27IN6.